The lowest BCUT2D eigenvalue weighted by molar-refractivity contribution is -0.137. The van der Waals surface area contributed by atoms with Crippen LogP contribution in [-0.4, -0.2) is 37.5 Å². The van der Waals surface area contributed by atoms with Crippen molar-refractivity contribution in [3.8, 4) is 0 Å². The molecule has 2 aromatic rings. The van der Waals surface area contributed by atoms with Crippen molar-refractivity contribution < 1.29 is 14.3 Å². The molecule has 7 heteroatoms. The first-order chi connectivity index (χ1) is 14.1. The number of hydrogen-bond acceptors (Lipinski definition) is 6. The van der Waals surface area contributed by atoms with Gasteiger partial charge in [0.2, 0.25) is 0 Å². The zero-order chi connectivity index (χ0) is 20.5. The zero-order valence-corrected chi connectivity index (χ0v) is 16.3. The van der Waals surface area contributed by atoms with Gasteiger partial charge in [-0.2, -0.15) is 0 Å². The van der Waals surface area contributed by atoms with Crippen molar-refractivity contribution in [1.29, 1.82) is 0 Å². The van der Waals surface area contributed by atoms with Gasteiger partial charge in [0.25, 0.3) is 5.91 Å². The minimum atomic E-state index is -0.376. The third-order valence-electron chi connectivity index (χ3n) is 4.16. The van der Waals surface area contributed by atoms with Gasteiger partial charge >= 0.3 is 5.97 Å². The minimum absolute atomic E-state index is 0.164. The van der Waals surface area contributed by atoms with E-state index in [1.807, 2.05) is 36.4 Å². The third kappa shape index (κ3) is 6.21. The first-order valence-corrected chi connectivity index (χ1v) is 9.51. The molecular weight excluding hydrogens is 368 g/mol. The fourth-order valence-electron chi connectivity index (χ4n) is 2.80. The molecule has 0 saturated heterocycles. The van der Waals surface area contributed by atoms with Crippen molar-refractivity contribution in [3.63, 3.8) is 0 Å². The van der Waals surface area contributed by atoms with Crippen molar-refractivity contribution >= 4 is 29.6 Å². The highest BCUT2D eigenvalue weighted by molar-refractivity contribution is 5.98. The van der Waals surface area contributed by atoms with E-state index in [-0.39, 0.29) is 11.9 Å². The van der Waals surface area contributed by atoms with Crippen LogP contribution in [0.15, 0.2) is 59.6 Å². The van der Waals surface area contributed by atoms with E-state index in [0.29, 0.717) is 18.7 Å². The summed E-state index contributed by atoms with van der Waals surface area (Å²) in [6.07, 6.45) is 3.08. The van der Waals surface area contributed by atoms with Crippen LogP contribution in [0, 0.1) is 0 Å². The summed E-state index contributed by atoms with van der Waals surface area (Å²) in [6.45, 7) is 4.05. The Morgan fingerprint density at radius 3 is 2.86 bits per heavy atom. The van der Waals surface area contributed by atoms with Crippen LogP contribution in [0.4, 0.5) is 5.69 Å². The van der Waals surface area contributed by atoms with Crippen LogP contribution >= 0.6 is 0 Å². The highest BCUT2D eigenvalue weighted by Crippen LogP contribution is 2.12. The summed E-state index contributed by atoms with van der Waals surface area (Å²) in [5, 5.41) is 9.22. The van der Waals surface area contributed by atoms with Crippen molar-refractivity contribution in [2.75, 3.05) is 25.0 Å². The normalized spacial score (nSPS) is 12.9. The zero-order valence-electron chi connectivity index (χ0n) is 16.3. The summed E-state index contributed by atoms with van der Waals surface area (Å²) in [5.41, 5.74) is 3.16. The summed E-state index contributed by atoms with van der Waals surface area (Å²) in [6, 6.07) is 14.9. The van der Waals surface area contributed by atoms with Crippen molar-refractivity contribution in [1.82, 2.24) is 10.6 Å². The van der Waals surface area contributed by atoms with E-state index >= 15 is 0 Å². The van der Waals surface area contributed by atoms with Crippen LogP contribution < -0.4 is 16.0 Å². The second-order valence-corrected chi connectivity index (χ2v) is 6.38. The SMILES string of the molecule is CCOC(=O)C=Cc1cccc(CNC(=O)c2cccc(NC3=NCCN3)c2)c1. The van der Waals surface area contributed by atoms with E-state index in [4.69, 9.17) is 4.74 Å². The number of nitrogens with one attached hydrogen (secondary N) is 3. The van der Waals surface area contributed by atoms with Crippen molar-refractivity contribution in [2.45, 2.75) is 13.5 Å². The van der Waals surface area contributed by atoms with Gasteiger partial charge in [0.1, 0.15) is 0 Å². The molecule has 0 aliphatic carbocycles. The monoisotopic (exact) mass is 392 g/mol. The molecule has 0 saturated carbocycles. The number of aliphatic imine (C=N–C) groups is 1. The van der Waals surface area contributed by atoms with Crippen LogP contribution in [-0.2, 0) is 16.1 Å². The van der Waals surface area contributed by atoms with Gasteiger partial charge in [0.15, 0.2) is 5.96 Å². The number of ether oxygens (including phenoxy) is 1. The predicted molar refractivity (Wildman–Crippen MR) is 114 cm³/mol. The Morgan fingerprint density at radius 1 is 1.21 bits per heavy atom. The molecule has 1 heterocycles. The first kappa shape index (κ1) is 20.1. The minimum Gasteiger partial charge on any atom is -0.463 e. The quantitative estimate of drug-likeness (QED) is 0.498. The molecule has 29 heavy (non-hydrogen) atoms. The lowest BCUT2D eigenvalue weighted by Crippen LogP contribution is -2.26. The maximum absolute atomic E-state index is 12.5. The number of hydrogen-bond donors (Lipinski definition) is 3. The van der Waals surface area contributed by atoms with E-state index in [0.717, 1.165) is 35.9 Å². The Bertz CT molecular complexity index is 937. The van der Waals surface area contributed by atoms with Gasteiger partial charge in [-0.1, -0.05) is 24.3 Å². The highest BCUT2D eigenvalue weighted by atomic mass is 16.5. The number of carbonyl (C=O) groups is 2. The summed E-state index contributed by atoms with van der Waals surface area (Å²) in [4.78, 5) is 28.2. The molecular formula is C22H24N4O3. The number of carbonyl (C=O) groups excluding carboxylic acids is 2. The second kappa shape index (κ2) is 10.1. The summed E-state index contributed by atoms with van der Waals surface area (Å²) in [5.74, 6) is 0.177. The lowest BCUT2D eigenvalue weighted by atomic mass is 10.1. The van der Waals surface area contributed by atoms with Gasteiger partial charge in [0, 0.05) is 30.4 Å². The van der Waals surface area contributed by atoms with Crippen LogP contribution in [0.5, 0.6) is 0 Å². The maximum Gasteiger partial charge on any atom is 0.330 e. The number of amides is 1. The molecule has 0 fully saturated rings. The molecule has 1 aliphatic rings. The average molecular weight is 392 g/mol. The molecule has 2 aromatic carbocycles. The van der Waals surface area contributed by atoms with Gasteiger partial charge in [-0.3, -0.25) is 9.79 Å². The number of esters is 1. The van der Waals surface area contributed by atoms with Gasteiger partial charge in [0.05, 0.1) is 13.2 Å². The molecule has 0 bridgehead atoms. The van der Waals surface area contributed by atoms with E-state index in [2.05, 4.69) is 20.9 Å². The van der Waals surface area contributed by atoms with E-state index < -0.39 is 0 Å². The standard InChI is InChI=1S/C22H24N4O3/c1-2-29-20(27)10-9-16-5-3-6-17(13-16)15-25-21(28)18-7-4-8-19(14-18)26-22-23-11-12-24-22/h3-10,13-14H,2,11-12,15H2,1H3,(H,25,28)(H2,23,24,26). The fourth-order valence-corrected chi connectivity index (χ4v) is 2.80. The fraction of sp³-hybridized carbons (Fsp3) is 0.227. The van der Waals surface area contributed by atoms with Crippen LogP contribution in [0.3, 0.4) is 0 Å². The Balaban J connectivity index is 1.58. The molecule has 1 amide bonds. The summed E-state index contributed by atoms with van der Waals surface area (Å²) >= 11 is 0. The highest BCUT2D eigenvalue weighted by Gasteiger charge is 2.09. The van der Waals surface area contributed by atoms with Crippen LogP contribution in [0.1, 0.15) is 28.4 Å². The molecule has 0 radical (unpaired) electrons. The average Bonchev–Trinajstić information content (AvgIpc) is 3.24. The Kier molecular flexibility index (Phi) is 7.00. The maximum atomic E-state index is 12.5. The number of guanidine groups is 1. The lowest BCUT2D eigenvalue weighted by Gasteiger charge is -2.09. The number of benzene rings is 2. The Labute approximate surface area is 169 Å². The topological polar surface area (TPSA) is 91.8 Å². The molecule has 7 nitrogen and oxygen atoms in total. The van der Waals surface area contributed by atoms with E-state index in [1.54, 1.807) is 25.1 Å². The Hall–Kier alpha value is -3.61. The predicted octanol–water partition coefficient (Wildman–Crippen LogP) is 2.56. The second-order valence-electron chi connectivity index (χ2n) is 6.38. The largest absolute Gasteiger partial charge is 0.463 e. The Morgan fingerprint density at radius 2 is 2.07 bits per heavy atom. The smallest absolute Gasteiger partial charge is 0.330 e. The third-order valence-corrected chi connectivity index (χ3v) is 4.16. The van der Waals surface area contributed by atoms with Crippen molar-refractivity contribution in [3.05, 3.63) is 71.3 Å². The molecule has 150 valence electrons. The molecule has 3 rings (SSSR count). The number of nitrogens with zero attached hydrogens (tertiary/aromatic N) is 1. The van der Waals surface area contributed by atoms with E-state index in [1.165, 1.54) is 6.08 Å². The molecule has 0 spiro atoms. The number of anilines is 1. The van der Waals surface area contributed by atoms with Gasteiger partial charge in [-0.05, 0) is 48.4 Å². The molecule has 0 atom stereocenters. The molecule has 1 aliphatic heterocycles. The first-order valence-electron chi connectivity index (χ1n) is 9.51. The molecule has 0 unspecified atom stereocenters. The van der Waals surface area contributed by atoms with E-state index in [9.17, 15) is 9.59 Å². The van der Waals surface area contributed by atoms with Crippen molar-refractivity contribution in [2.24, 2.45) is 4.99 Å². The molecule has 0 aromatic heterocycles. The molecule has 3 N–H and O–H groups in total. The van der Waals surface area contributed by atoms with Crippen LogP contribution in [0.25, 0.3) is 6.08 Å². The summed E-state index contributed by atoms with van der Waals surface area (Å²) < 4.78 is 4.87. The summed E-state index contributed by atoms with van der Waals surface area (Å²) in [7, 11) is 0. The van der Waals surface area contributed by atoms with Gasteiger partial charge in [-0.25, -0.2) is 4.79 Å². The van der Waals surface area contributed by atoms with Gasteiger partial charge in [-0.15, -0.1) is 0 Å². The van der Waals surface area contributed by atoms with Gasteiger partial charge < -0.3 is 20.7 Å². The number of rotatable bonds is 7. The van der Waals surface area contributed by atoms with Crippen LogP contribution in [0.2, 0.25) is 0 Å².